The summed E-state index contributed by atoms with van der Waals surface area (Å²) in [6.07, 6.45) is 6.85. The lowest BCUT2D eigenvalue weighted by atomic mass is 9.94. The van der Waals surface area contributed by atoms with Crippen LogP contribution in [0.3, 0.4) is 0 Å². The third-order valence-electron chi connectivity index (χ3n) is 3.00. The first-order valence-corrected chi connectivity index (χ1v) is 5.70. The number of terminal acetylenes is 1. The Balaban J connectivity index is 2.39. The molecule has 5 nitrogen and oxygen atoms in total. The maximum absolute atomic E-state index is 11.9. The van der Waals surface area contributed by atoms with Crippen LogP contribution in [0.4, 0.5) is 4.79 Å². The van der Waals surface area contributed by atoms with Crippen LogP contribution in [-0.2, 0) is 4.79 Å². The number of piperidine rings is 1. The Morgan fingerprint density at radius 3 is 2.53 bits per heavy atom. The quantitative estimate of drug-likeness (QED) is 0.742. The average Bonchev–Trinajstić information content (AvgIpc) is 2.28. The maximum atomic E-state index is 11.9. The number of carbonyl (C=O) groups is 2. The molecule has 1 aliphatic rings. The standard InChI is InChI=1S/C12H18N2O3/c1-3-6-13(2)12(17)14-7-4-10(5-8-14)9-11(15)16/h1,10H,4-9H2,2H3,(H,15,16). The predicted octanol–water partition coefficient (Wildman–Crippen LogP) is 0.858. The number of rotatable bonds is 3. The van der Waals surface area contributed by atoms with Crippen LogP contribution in [0.1, 0.15) is 19.3 Å². The Morgan fingerprint density at radius 1 is 1.47 bits per heavy atom. The Kier molecular flexibility index (Phi) is 4.83. The van der Waals surface area contributed by atoms with E-state index in [-0.39, 0.29) is 18.4 Å². The highest BCUT2D eigenvalue weighted by molar-refractivity contribution is 5.74. The van der Waals surface area contributed by atoms with Gasteiger partial charge in [-0.1, -0.05) is 5.92 Å². The second kappa shape index (κ2) is 6.14. The molecule has 0 spiro atoms. The molecule has 17 heavy (non-hydrogen) atoms. The van der Waals surface area contributed by atoms with E-state index in [1.807, 2.05) is 0 Å². The monoisotopic (exact) mass is 238 g/mol. The zero-order valence-electron chi connectivity index (χ0n) is 10.1. The number of hydrogen-bond acceptors (Lipinski definition) is 2. The molecule has 1 rings (SSSR count). The van der Waals surface area contributed by atoms with Crippen LogP contribution in [0.15, 0.2) is 0 Å². The lowest BCUT2D eigenvalue weighted by molar-refractivity contribution is -0.138. The molecular formula is C12H18N2O3. The number of aliphatic carboxylic acids is 1. The van der Waals surface area contributed by atoms with E-state index in [0.29, 0.717) is 19.6 Å². The highest BCUT2D eigenvalue weighted by Crippen LogP contribution is 2.20. The van der Waals surface area contributed by atoms with Crippen molar-refractivity contribution in [1.82, 2.24) is 9.80 Å². The Hall–Kier alpha value is -1.70. The Bertz CT molecular complexity index is 327. The van der Waals surface area contributed by atoms with E-state index in [2.05, 4.69) is 5.92 Å². The summed E-state index contributed by atoms with van der Waals surface area (Å²) < 4.78 is 0. The van der Waals surface area contributed by atoms with Crippen LogP contribution in [0, 0.1) is 18.3 Å². The second-order valence-electron chi connectivity index (χ2n) is 4.37. The summed E-state index contributed by atoms with van der Waals surface area (Å²) in [4.78, 5) is 25.7. The summed E-state index contributed by atoms with van der Waals surface area (Å²) in [5, 5.41) is 8.69. The van der Waals surface area contributed by atoms with Gasteiger partial charge in [-0.25, -0.2) is 4.79 Å². The van der Waals surface area contributed by atoms with Crippen LogP contribution in [-0.4, -0.2) is 53.6 Å². The van der Waals surface area contributed by atoms with Crippen LogP contribution >= 0.6 is 0 Å². The summed E-state index contributed by atoms with van der Waals surface area (Å²) in [6, 6.07) is -0.0725. The molecule has 0 saturated carbocycles. The Labute approximate surface area is 101 Å². The molecule has 0 aromatic rings. The smallest absolute Gasteiger partial charge is 0.320 e. The molecule has 0 unspecified atom stereocenters. The van der Waals surface area contributed by atoms with Gasteiger partial charge in [0.2, 0.25) is 0 Å². The number of urea groups is 1. The number of likely N-dealkylation sites (tertiary alicyclic amines) is 1. The van der Waals surface area contributed by atoms with Crippen LogP contribution < -0.4 is 0 Å². The van der Waals surface area contributed by atoms with E-state index in [1.165, 1.54) is 4.90 Å². The van der Waals surface area contributed by atoms with E-state index in [1.54, 1.807) is 11.9 Å². The van der Waals surface area contributed by atoms with Crippen molar-refractivity contribution in [1.29, 1.82) is 0 Å². The van der Waals surface area contributed by atoms with Gasteiger partial charge in [0.05, 0.1) is 6.54 Å². The van der Waals surface area contributed by atoms with E-state index in [4.69, 9.17) is 11.5 Å². The minimum atomic E-state index is -0.765. The fourth-order valence-electron chi connectivity index (χ4n) is 2.02. The normalized spacial score (nSPS) is 16.4. The zero-order valence-corrected chi connectivity index (χ0v) is 10.1. The number of carbonyl (C=O) groups excluding carboxylic acids is 1. The third kappa shape index (κ3) is 3.99. The molecule has 1 aliphatic heterocycles. The van der Waals surface area contributed by atoms with E-state index in [9.17, 15) is 9.59 Å². The van der Waals surface area contributed by atoms with Crippen molar-refractivity contribution in [2.24, 2.45) is 5.92 Å². The van der Waals surface area contributed by atoms with Crippen molar-refractivity contribution in [3.05, 3.63) is 0 Å². The van der Waals surface area contributed by atoms with E-state index >= 15 is 0 Å². The van der Waals surface area contributed by atoms with Crippen molar-refractivity contribution in [2.75, 3.05) is 26.7 Å². The van der Waals surface area contributed by atoms with Gasteiger partial charge < -0.3 is 14.9 Å². The highest BCUT2D eigenvalue weighted by Gasteiger charge is 2.25. The molecule has 0 aromatic carbocycles. The predicted molar refractivity (Wildman–Crippen MR) is 63.4 cm³/mol. The average molecular weight is 238 g/mol. The minimum Gasteiger partial charge on any atom is -0.481 e. The third-order valence-corrected chi connectivity index (χ3v) is 3.00. The molecule has 0 atom stereocenters. The SMILES string of the molecule is C#CCN(C)C(=O)N1CCC(CC(=O)O)CC1. The molecular weight excluding hydrogens is 220 g/mol. The van der Waals surface area contributed by atoms with Gasteiger partial charge in [0.15, 0.2) is 0 Å². The van der Waals surface area contributed by atoms with Gasteiger partial charge in [-0.2, -0.15) is 0 Å². The molecule has 5 heteroatoms. The molecule has 1 fully saturated rings. The van der Waals surface area contributed by atoms with Gasteiger partial charge >= 0.3 is 12.0 Å². The van der Waals surface area contributed by atoms with Crippen molar-refractivity contribution in [3.63, 3.8) is 0 Å². The molecule has 0 bridgehead atoms. The largest absolute Gasteiger partial charge is 0.481 e. The summed E-state index contributed by atoms with van der Waals surface area (Å²) in [6.45, 7) is 1.53. The summed E-state index contributed by atoms with van der Waals surface area (Å²) >= 11 is 0. The van der Waals surface area contributed by atoms with Gasteiger partial charge in [0.1, 0.15) is 0 Å². The van der Waals surface area contributed by atoms with Crippen molar-refractivity contribution in [2.45, 2.75) is 19.3 Å². The van der Waals surface area contributed by atoms with Crippen LogP contribution in [0.25, 0.3) is 0 Å². The zero-order chi connectivity index (χ0) is 12.8. The molecule has 0 aliphatic carbocycles. The van der Waals surface area contributed by atoms with E-state index in [0.717, 1.165) is 12.8 Å². The number of hydrogen-bond donors (Lipinski definition) is 1. The number of amides is 2. The summed E-state index contributed by atoms with van der Waals surface area (Å²) in [5.41, 5.74) is 0. The van der Waals surface area contributed by atoms with Crippen molar-refractivity contribution < 1.29 is 14.7 Å². The second-order valence-corrected chi connectivity index (χ2v) is 4.37. The first kappa shape index (κ1) is 13.4. The van der Waals surface area contributed by atoms with Crippen LogP contribution in [0.5, 0.6) is 0 Å². The topological polar surface area (TPSA) is 60.9 Å². The lowest BCUT2D eigenvalue weighted by Crippen LogP contribution is -2.45. The molecule has 0 aromatic heterocycles. The molecule has 1 heterocycles. The van der Waals surface area contributed by atoms with Crippen molar-refractivity contribution >= 4 is 12.0 Å². The number of carboxylic acids is 1. The summed E-state index contributed by atoms with van der Waals surface area (Å²) in [5.74, 6) is 1.85. The molecule has 1 saturated heterocycles. The number of carboxylic acid groups (broad SMARTS) is 1. The minimum absolute atomic E-state index is 0.0725. The first-order chi connectivity index (χ1) is 8.04. The van der Waals surface area contributed by atoms with Crippen LogP contribution in [0.2, 0.25) is 0 Å². The maximum Gasteiger partial charge on any atom is 0.320 e. The van der Waals surface area contributed by atoms with Gasteiger partial charge in [0.25, 0.3) is 0 Å². The van der Waals surface area contributed by atoms with Gasteiger partial charge in [-0.15, -0.1) is 6.42 Å². The Morgan fingerprint density at radius 2 is 2.06 bits per heavy atom. The highest BCUT2D eigenvalue weighted by atomic mass is 16.4. The van der Waals surface area contributed by atoms with Crippen molar-refractivity contribution in [3.8, 4) is 12.3 Å². The lowest BCUT2D eigenvalue weighted by Gasteiger charge is -2.33. The first-order valence-electron chi connectivity index (χ1n) is 5.70. The van der Waals surface area contributed by atoms with Gasteiger partial charge in [0, 0.05) is 26.6 Å². The van der Waals surface area contributed by atoms with E-state index < -0.39 is 5.97 Å². The molecule has 94 valence electrons. The van der Waals surface area contributed by atoms with Gasteiger partial charge in [-0.05, 0) is 18.8 Å². The molecule has 2 amide bonds. The summed E-state index contributed by atoms with van der Waals surface area (Å²) in [7, 11) is 1.67. The number of nitrogens with zero attached hydrogens (tertiary/aromatic N) is 2. The molecule has 1 N–H and O–H groups in total. The molecule has 0 radical (unpaired) electrons. The fraction of sp³-hybridized carbons (Fsp3) is 0.667. The van der Waals surface area contributed by atoms with Gasteiger partial charge in [-0.3, -0.25) is 4.79 Å². The fourth-order valence-corrected chi connectivity index (χ4v) is 2.02.